The standard InChI is InChI=1S/C13H25F3N2O2/c1-6-18(8-13(14,15)16)10(4)7-12(5,11(19)20)17-9(2)3/h9-10,17H,6-8H2,1-5H3,(H,19,20). The Morgan fingerprint density at radius 3 is 2.10 bits per heavy atom. The van der Waals surface area contributed by atoms with Crippen LogP contribution in [0.15, 0.2) is 0 Å². The number of carbonyl (C=O) groups is 1. The molecule has 0 saturated heterocycles. The third-order valence-electron chi connectivity index (χ3n) is 3.19. The maximum absolute atomic E-state index is 12.5. The first-order chi connectivity index (χ1) is 8.91. The highest BCUT2D eigenvalue weighted by molar-refractivity contribution is 5.78. The van der Waals surface area contributed by atoms with Crippen LogP contribution in [0.1, 0.15) is 41.0 Å². The van der Waals surface area contributed by atoms with Crippen LogP contribution in [-0.4, -0.2) is 52.9 Å². The second kappa shape index (κ2) is 7.26. The Morgan fingerprint density at radius 2 is 1.80 bits per heavy atom. The number of halogens is 3. The number of nitrogens with one attached hydrogen (secondary N) is 1. The third-order valence-corrected chi connectivity index (χ3v) is 3.19. The van der Waals surface area contributed by atoms with Crippen molar-refractivity contribution >= 4 is 5.97 Å². The number of hydrogen-bond acceptors (Lipinski definition) is 3. The van der Waals surface area contributed by atoms with E-state index in [9.17, 15) is 23.1 Å². The predicted octanol–water partition coefficient (Wildman–Crippen LogP) is 2.49. The Balaban J connectivity index is 4.89. The zero-order valence-electron chi connectivity index (χ0n) is 12.7. The molecular weight excluding hydrogens is 273 g/mol. The quantitative estimate of drug-likeness (QED) is 0.723. The molecule has 0 fully saturated rings. The highest BCUT2D eigenvalue weighted by Gasteiger charge is 2.38. The monoisotopic (exact) mass is 298 g/mol. The minimum absolute atomic E-state index is 0.0685. The number of nitrogens with zero attached hydrogens (tertiary/aromatic N) is 1. The van der Waals surface area contributed by atoms with E-state index < -0.39 is 30.3 Å². The molecular formula is C13H25F3N2O2. The molecule has 0 spiro atoms. The van der Waals surface area contributed by atoms with Gasteiger partial charge in [-0.2, -0.15) is 13.2 Å². The number of rotatable bonds is 8. The van der Waals surface area contributed by atoms with E-state index in [1.807, 2.05) is 0 Å². The average Bonchev–Trinajstić information content (AvgIpc) is 2.22. The zero-order valence-corrected chi connectivity index (χ0v) is 12.7. The third kappa shape index (κ3) is 6.56. The zero-order chi connectivity index (χ0) is 16.1. The number of hydrogen-bond donors (Lipinski definition) is 2. The summed E-state index contributed by atoms with van der Waals surface area (Å²) in [5.74, 6) is -1.05. The summed E-state index contributed by atoms with van der Waals surface area (Å²) in [5.41, 5.74) is -1.24. The van der Waals surface area contributed by atoms with E-state index in [0.29, 0.717) is 0 Å². The van der Waals surface area contributed by atoms with Crippen molar-refractivity contribution in [3.63, 3.8) is 0 Å². The molecule has 2 atom stereocenters. The van der Waals surface area contributed by atoms with E-state index in [1.54, 1.807) is 27.7 Å². The van der Waals surface area contributed by atoms with Crippen LogP contribution in [0, 0.1) is 0 Å². The molecule has 0 aliphatic heterocycles. The summed E-state index contributed by atoms with van der Waals surface area (Å²) < 4.78 is 37.4. The van der Waals surface area contributed by atoms with Crippen molar-refractivity contribution in [2.24, 2.45) is 0 Å². The molecule has 0 aromatic rings. The topological polar surface area (TPSA) is 52.6 Å². The van der Waals surface area contributed by atoms with Crippen molar-refractivity contribution in [1.29, 1.82) is 0 Å². The van der Waals surface area contributed by atoms with E-state index >= 15 is 0 Å². The summed E-state index contributed by atoms with van der Waals surface area (Å²) in [6.07, 6.45) is -4.18. The molecule has 0 aliphatic carbocycles. The molecule has 2 N–H and O–H groups in total. The molecule has 4 nitrogen and oxygen atoms in total. The molecule has 20 heavy (non-hydrogen) atoms. The fourth-order valence-electron chi connectivity index (χ4n) is 2.37. The molecule has 0 rings (SSSR count). The Kier molecular flexibility index (Phi) is 6.97. The minimum Gasteiger partial charge on any atom is -0.480 e. The average molecular weight is 298 g/mol. The van der Waals surface area contributed by atoms with Gasteiger partial charge in [0.25, 0.3) is 0 Å². The minimum atomic E-state index is -4.28. The Labute approximate surface area is 118 Å². The van der Waals surface area contributed by atoms with E-state index in [-0.39, 0.29) is 19.0 Å². The number of carboxylic acids is 1. The van der Waals surface area contributed by atoms with Crippen LogP contribution in [-0.2, 0) is 4.79 Å². The highest BCUT2D eigenvalue weighted by atomic mass is 19.4. The molecule has 0 aromatic carbocycles. The smallest absolute Gasteiger partial charge is 0.401 e. The Bertz CT molecular complexity index is 321. The molecule has 7 heteroatoms. The summed E-state index contributed by atoms with van der Waals surface area (Å²) in [5, 5.41) is 12.2. The van der Waals surface area contributed by atoms with Crippen molar-refractivity contribution in [1.82, 2.24) is 10.2 Å². The maximum Gasteiger partial charge on any atom is 0.401 e. The van der Waals surface area contributed by atoms with Gasteiger partial charge in [-0.1, -0.05) is 6.92 Å². The van der Waals surface area contributed by atoms with Gasteiger partial charge in [-0.15, -0.1) is 0 Å². The molecule has 0 aromatic heterocycles. The Hall–Kier alpha value is -0.820. The van der Waals surface area contributed by atoms with Gasteiger partial charge in [0.15, 0.2) is 0 Å². The Morgan fingerprint density at radius 1 is 1.30 bits per heavy atom. The van der Waals surface area contributed by atoms with E-state index in [2.05, 4.69) is 5.32 Å². The van der Waals surface area contributed by atoms with Crippen LogP contribution in [0.3, 0.4) is 0 Å². The summed E-state index contributed by atoms with van der Waals surface area (Å²) in [4.78, 5) is 12.6. The summed E-state index contributed by atoms with van der Waals surface area (Å²) in [6.45, 7) is 7.57. The van der Waals surface area contributed by atoms with E-state index in [1.165, 1.54) is 11.8 Å². The second-order valence-corrected chi connectivity index (χ2v) is 5.67. The summed E-state index contributed by atoms with van der Waals surface area (Å²) in [6, 6.07) is -0.560. The van der Waals surface area contributed by atoms with Gasteiger partial charge in [0.1, 0.15) is 5.54 Å². The first-order valence-corrected chi connectivity index (χ1v) is 6.73. The van der Waals surface area contributed by atoms with Gasteiger partial charge in [0.05, 0.1) is 6.54 Å². The van der Waals surface area contributed by atoms with Crippen LogP contribution < -0.4 is 5.32 Å². The molecule has 0 amide bonds. The lowest BCUT2D eigenvalue weighted by atomic mass is 9.92. The van der Waals surface area contributed by atoms with Crippen molar-refractivity contribution in [2.75, 3.05) is 13.1 Å². The molecule has 0 saturated carbocycles. The lowest BCUT2D eigenvalue weighted by molar-refractivity contribution is -0.153. The van der Waals surface area contributed by atoms with Gasteiger partial charge in [0, 0.05) is 12.1 Å². The summed E-state index contributed by atoms with van der Waals surface area (Å²) in [7, 11) is 0. The van der Waals surface area contributed by atoms with Gasteiger partial charge >= 0.3 is 12.1 Å². The van der Waals surface area contributed by atoms with E-state index in [4.69, 9.17) is 0 Å². The summed E-state index contributed by atoms with van der Waals surface area (Å²) >= 11 is 0. The van der Waals surface area contributed by atoms with Gasteiger partial charge in [-0.3, -0.25) is 15.0 Å². The van der Waals surface area contributed by atoms with Crippen LogP contribution in [0.25, 0.3) is 0 Å². The lowest BCUT2D eigenvalue weighted by Crippen LogP contribution is -2.56. The maximum atomic E-state index is 12.5. The van der Waals surface area contributed by atoms with Crippen molar-refractivity contribution in [3.8, 4) is 0 Å². The fraction of sp³-hybridized carbons (Fsp3) is 0.923. The fourth-order valence-corrected chi connectivity index (χ4v) is 2.37. The van der Waals surface area contributed by atoms with Crippen molar-refractivity contribution < 1.29 is 23.1 Å². The first-order valence-electron chi connectivity index (χ1n) is 6.73. The van der Waals surface area contributed by atoms with Crippen LogP contribution in [0.5, 0.6) is 0 Å². The predicted molar refractivity (Wildman–Crippen MR) is 71.7 cm³/mol. The van der Waals surface area contributed by atoms with Gasteiger partial charge in [-0.25, -0.2) is 0 Å². The second-order valence-electron chi connectivity index (χ2n) is 5.67. The molecule has 0 bridgehead atoms. The molecule has 120 valence electrons. The highest BCUT2D eigenvalue weighted by Crippen LogP contribution is 2.22. The van der Waals surface area contributed by atoms with Gasteiger partial charge in [0.2, 0.25) is 0 Å². The van der Waals surface area contributed by atoms with Crippen molar-refractivity contribution in [2.45, 2.75) is 64.8 Å². The number of alkyl halides is 3. The first kappa shape index (κ1) is 19.2. The van der Waals surface area contributed by atoms with Crippen molar-refractivity contribution in [3.05, 3.63) is 0 Å². The van der Waals surface area contributed by atoms with Crippen LogP contribution >= 0.6 is 0 Å². The molecule has 2 unspecified atom stereocenters. The number of carboxylic acid groups (broad SMARTS) is 1. The van der Waals surface area contributed by atoms with Crippen LogP contribution in [0.2, 0.25) is 0 Å². The molecule has 0 radical (unpaired) electrons. The van der Waals surface area contributed by atoms with Gasteiger partial charge < -0.3 is 5.11 Å². The van der Waals surface area contributed by atoms with Crippen LogP contribution in [0.4, 0.5) is 13.2 Å². The molecule has 0 aliphatic rings. The van der Waals surface area contributed by atoms with Gasteiger partial charge in [-0.05, 0) is 40.7 Å². The molecule has 0 heterocycles. The largest absolute Gasteiger partial charge is 0.480 e. The van der Waals surface area contributed by atoms with E-state index in [0.717, 1.165) is 0 Å². The SMILES string of the molecule is CCN(CC(F)(F)F)C(C)CC(C)(NC(C)C)C(=O)O. The lowest BCUT2D eigenvalue weighted by Gasteiger charge is -2.36. The number of aliphatic carboxylic acids is 1. The normalized spacial score (nSPS) is 17.3.